The van der Waals surface area contributed by atoms with Gasteiger partial charge in [-0.1, -0.05) is 158 Å². The third-order valence-electron chi connectivity index (χ3n) is 17.2. The first kappa shape index (κ1) is 45.5. The molecule has 8 heteroatoms. The minimum Gasteiger partial charge on any atom is -0.309 e. The summed E-state index contributed by atoms with van der Waals surface area (Å²) in [4.78, 5) is 16.2. The molecule has 12 aromatic carbocycles. The maximum atomic E-state index is 5.40. The quantitative estimate of drug-likeness (QED) is 0.160. The average molecular weight is 1060 g/mol. The second-order valence-corrected chi connectivity index (χ2v) is 21.6. The maximum absolute atomic E-state index is 5.40. The summed E-state index contributed by atoms with van der Waals surface area (Å²) in [5.74, 6) is 1.67. The van der Waals surface area contributed by atoms with E-state index in [1.54, 1.807) is 0 Å². The van der Waals surface area contributed by atoms with Crippen LogP contribution in [0.15, 0.2) is 279 Å². The van der Waals surface area contributed by atoms with Crippen LogP contribution in [0.4, 0.5) is 0 Å². The van der Waals surface area contributed by atoms with E-state index in [9.17, 15) is 0 Å². The van der Waals surface area contributed by atoms with Crippen molar-refractivity contribution < 1.29 is 0 Å². The highest BCUT2D eigenvalue weighted by Crippen LogP contribution is 2.42. The van der Waals surface area contributed by atoms with Crippen molar-refractivity contribution in [2.75, 3.05) is 0 Å². The van der Waals surface area contributed by atoms with Crippen LogP contribution < -0.4 is 0 Å². The predicted octanol–water partition coefficient (Wildman–Crippen LogP) is 18.7. The lowest BCUT2D eigenvalue weighted by Gasteiger charge is -2.13. The summed E-state index contributed by atoms with van der Waals surface area (Å²) in [6, 6.07) is 101. The Balaban J connectivity index is 0.833. The number of nitrogens with zero attached hydrogens (tertiary/aromatic N) is 8. The molecule has 0 bridgehead atoms. The number of hydrogen-bond acceptors (Lipinski definition) is 3. The maximum Gasteiger partial charge on any atom is 0.240 e. The number of aromatic nitrogens is 8. The Hall–Kier alpha value is -11.4. The molecule has 0 aliphatic rings. The fourth-order valence-corrected chi connectivity index (χ4v) is 13.5. The van der Waals surface area contributed by atoms with Crippen molar-refractivity contribution >= 4 is 109 Å². The summed E-state index contributed by atoms with van der Waals surface area (Å²) in [7, 11) is 0. The highest BCUT2D eigenvalue weighted by molar-refractivity contribution is 6.15. The molecule has 0 saturated carbocycles. The van der Waals surface area contributed by atoms with Gasteiger partial charge in [-0.2, -0.15) is 15.0 Å². The molecular weight excluding hydrogens is 1010 g/mol. The lowest BCUT2D eigenvalue weighted by atomic mass is 10.0. The zero-order valence-corrected chi connectivity index (χ0v) is 44.6. The Labute approximate surface area is 474 Å². The van der Waals surface area contributed by atoms with Gasteiger partial charge in [-0.15, -0.1) is 0 Å². The van der Waals surface area contributed by atoms with Crippen LogP contribution in [0.3, 0.4) is 0 Å². The summed E-state index contributed by atoms with van der Waals surface area (Å²) >= 11 is 0. The highest BCUT2D eigenvalue weighted by Gasteiger charge is 2.23. The van der Waals surface area contributed by atoms with E-state index in [0.717, 1.165) is 93.8 Å². The van der Waals surface area contributed by atoms with E-state index in [1.807, 2.05) is 0 Å². The van der Waals surface area contributed by atoms with Crippen molar-refractivity contribution in [1.29, 1.82) is 0 Å². The summed E-state index contributed by atoms with van der Waals surface area (Å²) in [5.41, 5.74) is 17.5. The van der Waals surface area contributed by atoms with Gasteiger partial charge in [-0.3, -0.25) is 9.13 Å². The smallest absolute Gasteiger partial charge is 0.240 e. The van der Waals surface area contributed by atoms with Gasteiger partial charge in [-0.25, -0.2) is 0 Å². The first-order valence-corrected chi connectivity index (χ1v) is 28.2. The first-order chi connectivity index (χ1) is 41.2. The van der Waals surface area contributed by atoms with Crippen LogP contribution in [-0.2, 0) is 0 Å². The van der Waals surface area contributed by atoms with Crippen molar-refractivity contribution in [3.63, 3.8) is 0 Å². The average Bonchev–Trinajstić information content (AvgIpc) is 3.86. The molecule has 6 heterocycles. The number of rotatable bonds is 7. The van der Waals surface area contributed by atoms with Gasteiger partial charge in [0.05, 0.1) is 55.2 Å². The molecule has 18 rings (SSSR count). The van der Waals surface area contributed by atoms with Crippen LogP contribution in [0.25, 0.3) is 161 Å². The molecule has 83 heavy (non-hydrogen) atoms. The fraction of sp³-hybridized carbons (Fsp3) is 0. The van der Waals surface area contributed by atoms with Crippen LogP contribution in [0.2, 0.25) is 0 Å². The molecule has 386 valence electrons. The highest BCUT2D eigenvalue weighted by atomic mass is 15.3. The van der Waals surface area contributed by atoms with Gasteiger partial charge >= 0.3 is 0 Å². The van der Waals surface area contributed by atoms with E-state index in [4.69, 9.17) is 15.0 Å². The van der Waals surface area contributed by atoms with E-state index >= 15 is 0 Å². The Kier molecular flexibility index (Phi) is 9.64. The Bertz CT molecular complexity index is 5400. The van der Waals surface area contributed by atoms with E-state index in [-0.39, 0.29) is 0 Å². The molecule has 0 aliphatic heterocycles. The zero-order chi connectivity index (χ0) is 54.3. The summed E-state index contributed by atoms with van der Waals surface area (Å²) in [5, 5.41) is 11.8. The van der Waals surface area contributed by atoms with Crippen molar-refractivity contribution in [2.24, 2.45) is 0 Å². The zero-order valence-electron chi connectivity index (χ0n) is 44.6. The third-order valence-corrected chi connectivity index (χ3v) is 17.2. The van der Waals surface area contributed by atoms with Gasteiger partial charge < -0.3 is 13.7 Å². The standard InChI is InChI=1S/C75H46N8/c1-2-18-50(19-3-1)79-65-29-13-10-26-59(65)60-44-48(36-41-70(60)79)49-37-42-71-61(45-49)62-46-52(81-63-27-11-4-20-53(63)54-21-5-12-28-64(54)81)40-43-72(62)80(71)51-38-34-47(35-39-51)73-76-74(82-66-30-14-6-22-55(66)56-23-7-15-31-67(56)82)78-75(77-73)83-68-32-16-8-24-57(68)58-25-9-17-33-69(58)83/h1-46H. The summed E-state index contributed by atoms with van der Waals surface area (Å²) < 4.78 is 11.6. The molecule has 0 spiro atoms. The van der Waals surface area contributed by atoms with E-state index in [1.165, 1.54) is 49.0 Å². The number of fused-ring (bicyclic) bond motifs is 15. The molecule has 0 fully saturated rings. The fourth-order valence-electron chi connectivity index (χ4n) is 13.5. The first-order valence-electron chi connectivity index (χ1n) is 28.2. The van der Waals surface area contributed by atoms with Gasteiger partial charge in [0, 0.05) is 76.5 Å². The van der Waals surface area contributed by atoms with Crippen LogP contribution in [0, 0.1) is 0 Å². The Morgan fingerprint density at radius 1 is 0.181 bits per heavy atom. The lowest BCUT2D eigenvalue weighted by Crippen LogP contribution is -2.10. The monoisotopic (exact) mass is 1060 g/mol. The minimum absolute atomic E-state index is 0.548. The van der Waals surface area contributed by atoms with Crippen LogP contribution in [0.5, 0.6) is 0 Å². The largest absolute Gasteiger partial charge is 0.309 e. The van der Waals surface area contributed by atoms with Crippen molar-refractivity contribution in [2.45, 2.75) is 0 Å². The normalized spacial score (nSPS) is 12.1. The molecule has 0 saturated heterocycles. The molecule has 0 N–H and O–H groups in total. The minimum atomic E-state index is 0.548. The van der Waals surface area contributed by atoms with Crippen molar-refractivity contribution in [1.82, 2.24) is 37.8 Å². The van der Waals surface area contributed by atoms with Crippen LogP contribution >= 0.6 is 0 Å². The Morgan fingerprint density at radius 3 is 0.880 bits per heavy atom. The SMILES string of the molecule is c1ccc(-n2c3ccccc3c3cc(-c4ccc5c(c4)c4cc(-n6c7ccccc7c7ccccc76)ccc4n5-c4ccc(-c5nc(-n6c7ccccc7c7ccccc76)nc(-n6c7ccccc7c7ccccc76)n5)cc4)ccc32)cc1. The number of benzene rings is 12. The second-order valence-electron chi connectivity index (χ2n) is 21.6. The predicted molar refractivity (Wildman–Crippen MR) is 342 cm³/mol. The van der Waals surface area contributed by atoms with Crippen molar-refractivity contribution in [3.05, 3.63) is 279 Å². The third kappa shape index (κ3) is 6.72. The second kappa shape index (κ2) is 17.6. The molecular formula is C75H46N8. The summed E-state index contributed by atoms with van der Waals surface area (Å²) in [6.07, 6.45) is 0. The molecule has 8 nitrogen and oxygen atoms in total. The molecule has 6 aromatic heterocycles. The molecule has 0 amide bonds. The van der Waals surface area contributed by atoms with E-state index in [2.05, 4.69) is 302 Å². The van der Waals surface area contributed by atoms with Gasteiger partial charge in [-0.05, 0) is 132 Å². The van der Waals surface area contributed by atoms with Gasteiger partial charge in [0.2, 0.25) is 11.9 Å². The number of hydrogen-bond donors (Lipinski definition) is 0. The molecule has 0 atom stereocenters. The topological polar surface area (TPSA) is 63.3 Å². The van der Waals surface area contributed by atoms with Gasteiger partial charge in [0.25, 0.3) is 0 Å². The van der Waals surface area contributed by atoms with Gasteiger partial charge in [0.15, 0.2) is 5.82 Å². The number of para-hydroxylation sites is 8. The van der Waals surface area contributed by atoms with Crippen LogP contribution in [0.1, 0.15) is 0 Å². The lowest BCUT2D eigenvalue weighted by molar-refractivity contribution is 0.893. The van der Waals surface area contributed by atoms with E-state index in [0.29, 0.717) is 17.7 Å². The summed E-state index contributed by atoms with van der Waals surface area (Å²) in [6.45, 7) is 0. The van der Waals surface area contributed by atoms with Crippen molar-refractivity contribution in [3.8, 4) is 51.5 Å². The molecule has 18 aromatic rings. The van der Waals surface area contributed by atoms with Crippen LogP contribution in [-0.4, -0.2) is 37.8 Å². The van der Waals surface area contributed by atoms with Gasteiger partial charge in [0.1, 0.15) is 0 Å². The Morgan fingerprint density at radius 2 is 0.458 bits per heavy atom. The molecule has 0 aliphatic carbocycles. The molecule has 0 radical (unpaired) electrons. The molecule has 0 unspecified atom stereocenters. The van der Waals surface area contributed by atoms with E-state index < -0.39 is 0 Å².